The van der Waals surface area contributed by atoms with Crippen molar-refractivity contribution in [3.63, 3.8) is 0 Å². The topological polar surface area (TPSA) is 29.3 Å². The van der Waals surface area contributed by atoms with E-state index in [-0.39, 0.29) is 0 Å². The molecule has 0 unspecified atom stereocenters. The molecule has 0 aliphatic carbocycles. The maximum absolute atomic E-state index is 5.81. The van der Waals surface area contributed by atoms with Crippen molar-refractivity contribution >= 4 is 54.8 Å². The van der Waals surface area contributed by atoms with Gasteiger partial charge in [-0.25, -0.2) is 0 Å². The van der Waals surface area contributed by atoms with E-state index >= 15 is 0 Å². The highest BCUT2D eigenvalue weighted by atomic mass is 79.9. The minimum atomic E-state index is 0.406. The maximum Gasteiger partial charge on any atom is 0.106 e. The van der Waals surface area contributed by atoms with Crippen molar-refractivity contribution in [1.29, 1.82) is 0 Å². The molecule has 0 heterocycles. The first-order valence-corrected chi connectivity index (χ1v) is 8.02. The molecule has 0 aliphatic rings. The minimum absolute atomic E-state index is 0.406. The van der Waals surface area contributed by atoms with Crippen LogP contribution in [0.4, 0.5) is 5.69 Å². The van der Waals surface area contributed by atoms with Crippen LogP contribution < -0.4 is 10.6 Å². The van der Waals surface area contributed by atoms with Crippen LogP contribution in [-0.2, 0) is 6.54 Å². The number of nitrogens with zero attached hydrogens (tertiary/aromatic N) is 1. The Bertz CT molecular complexity index is 626. The zero-order chi connectivity index (χ0) is 14.7. The number of benzene rings is 2. The lowest BCUT2D eigenvalue weighted by Gasteiger charge is -2.22. The Morgan fingerprint density at radius 2 is 1.70 bits per heavy atom. The Labute approximate surface area is 141 Å². The molecule has 0 bridgehead atoms. The molecule has 0 saturated carbocycles. The monoisotopic (exact) mass is 412 g/mol. The van der Waals surface area contributed by atoms with Gasteiger partial charge >= 0.3 is 0 Å². The molecule has 2 rings (SSSR count). The first-order valence-electron chi connectivity index (χ1n) is 6.02. The van der Waals surface area contributed by atoms with Crippen molar-refractivity contribution in [1.82, 2.24) is 0 Å². The summed E-state index contributed by atoms with van der Waals surface area (Å²) in [5.74, 6) is 0. The second-order valence-electron chi connectivity index (χ2n) is 4.51. The Morgan fingerprint density at radius 1 is 1.10 bits per heavy atom. The molecule has 0 atom stereocenters. The molecular formula is C15H14Br2N2S. The van der Waals surface area contributed by atoms with Crippen LogP contribution in [-0.4, -0.2) is 12.0 Å². The summed E-state index contributed by atoms with van der Waals surface area (Å²) < 4.78 is 2.05. The van der Waals surface area contributed by atoms with Crippen molar-refractivity contribution in [2.24, 2.45) is 5.73 Å². The molecule has 20 heavy (non-hydrogen) atoms. The fraction of sp³-hybridized carbons (Fsp3) is 0.133. The van der Waals surface area contributed by atoms with Gasteiger partial charge < -0.3 is 10.6 Å². The number of hydrogen-bond acceptors (Lipinski definition) is 2. The van der Waals surface area contributed by atoms with E-state index in [1.807, 2.05) is 37.4 Å². The normalized spacial score (nSPS) is 10.3. The van der Waals surface area contributed by atoms with E-state index in [1.165, 1.54) is 5.56 Å². The lowest BCUT2D eigenvalue weighted by molar-refractivity contribution is 0.921. The highest BCUT2D eigenvalue weighted by molar-refractivity contribution is 9.10. The largest absolute Gasteiger partial charge is 0.389 e. The van der Waals surface area contributed by atoms with Crippen molar-refractivity contribution in [3.8, 4) is 0 Å². The number of anilines is 1. The highest BCUT2D eigenvalue weighted by Crippen LogP contribution is 2.25. The van der Waals surface area contributed by atoms with Gasteiger partial charge in [-0.1, -0.05) is 56.2 Å². The van der Waals surface area contributed by atoms with Gasteiger partial charge in [0.05, 0.1) is 0 Å². The number of nitrogens with two attached hydrogens (primary N) is 1. The molecule has 2 nitrogen and oxygen atoms in total. The molecule has 2 aromatic carbocycles. The SMILES string of the molecule is CN(Cc1ccc(Br)cc1)c1ccc(Br)cc1C(N)=S. The van der Waals surface area contributed by atoms with Crippen molar-refractivity contribution in [3.05, 3.63) is 62.5 Å². The molecule has 0 spiro atoms. The van der Waals surface area contributed by atoms with Crippen LogP contribution in [0.15, 0.2) is 51.4 Å². The van der Waals surface area contributed by atoms with Crippen molar-refractivity contribution in [2.75, 3.05) is 11.9 Å². The second kappa shape index (κ2) is 6.70. The minimum Gasteiger partial charge on any atom is -0.389 e. The van der Waals surface area contributed by atoms with E-state index in [9.17, 15) is 0 Å². The molecule has 0 saturated heterocycles. The van der Waals surface area contributed by atoms with Crippen molar-refractivity contribution in [2.45, 2.75) is 6.54 Å². The van der Waals surface area contributed by atoms with Crippen molar-refractivity contribution < 1.29 is 0 Å². The van der Waals surface area contributed by atoms with Gasteiger partial charge in [-0.05, 0) is 35.9 Å². The van der Waals surface area contributed by atoms with Gasteiger partial charge in [-0.3, -0.25) is 0 Å². The van der Waals surface area contributed by atoms with Crippen LogP contribution in [0, 0.1) is 0 Å². The average Bonchev–Trinajstić information content (AvgIpc) is 2.41. The first kappa shape index (κ1) is 15.5. The third-order valence-corrected chi connectivity index (χ3v) is 4.21. The van der Waals surface area contributed by atoms with Crippen LogP contribution >= 0.6 is 44.1 Å². The molecule has 0 aromatic heterocycles. The third-order valence-electron chi connectivity index (χ3n) is 2.97. The van der Waals surface area contributed by atoms with Gasteiger partial charge in [0.1, 0.15) is 4.99 Å². The Kier molecular flexibility index (Phi) is 5.18. The summed E-state index contributed by atoms with van der Waals surface area (Å²) in [5.41, 5.74) is 8.96. The first-order chi connectivity index (χ1) is 9.47. The molecule has 2 aromatic rings. The van der Waals surface area contributed by atoms with Gasteiger partial charge in [0.15, 0.2) is 0 Å². The van der Waals surface area contributed by atoms with Crippen LogP contribution in [0.25, 0.3) is 0 Å². The summed E-state index contributed by atoms with van der Waals surface area (Å²) >= 11 is 12.0. The van der Waals surface area contributed by atoms with Crippen LogP contribution in [0.3, 0.4) is 0 Å². The Morgan fingerprint density at radius 3 is 2.30 bits per heavy atom. The van der Waals surface area contributed by atoms with Gasteiger partial charge in [0.25, 0.3) is 0 Å². The molecule has 104 valence electrons. The molecule has 5 heteroatoms. The van der Waals surface area contributed by atoms with E-state index in [2.05, 4.69) is 48.9 Å². The maximum atomic E-state index is 5.81. The smallest absolute Gasteiger partial charge is 0.106 e. The molecule has 0 aliphatic heterocycles. The summed E-state index contributed by atoms with van der Waals surface area (Å²) in [7, 11) is 2.03. The molecule has 0 radical (unpaired) electrons. The summed E-state index contributed by atoms with van der Waals surface area (Å²) in [6.45, 7) is 0.796. The zero-order valence-corrected chi connectivity index (χ0v) is 14.9. The number of rotatable bonds is 4. The lowest BCUT2D eigenvalue weighted by Crippen LogP contribution is -2.21. The second-order valence-corrected chi connectivity index (χ2v) is 6.78. The van der Waals surface area contributed by atoms with Gasteiger partial charge in [-0.15, -0.1) is 0 Å². The summed E-state index contributed by atoms with van der Waals surface area (Å²) in [5, 5.41) is 0. The van der Waals surface area contributed by atoms with Crippen LogP contribution in [0.1, 0.15) is 11.1 Å². The van der Waals surface area contributed by atoms with Crippen LogP contribution in [0.5, 0.6) is 0 Å². The van der Waals surface area contributed by atoms with Gasteiger partial charge in [-0.2, -0.15) is 0 Å². The fourth-order valence-electron chi connectivity index (χ4n) is 1.99. The average molecular weight is 414 g/mol. The summed E-state index contributed by atoms with van der Waals surface area (Å²) in [4.78, 5) is 2.55. The summed E-state index contributed by atoms with van der Waals surface area (Å²) in [6.07, 6.45) is 0. The van der Waals surface area contributed by atoms with Gasteiger partial charge in [0.2, 0.25) is 0 Å². The molecule has 0 amide bonds. The highest BCUT2D eigenvalue weighted by Gasteiger charge is 2.10. The predicted molar refractivity (Wildman–Crippen MR) is 96.3 cm³/mol. The van der Waals surface area contributed by atoms with E-state index in [4.69, 9.17) is 18.0 Å². The van der Waals surface area contributed by atoms with E-state index in [0.29, 0.717) is 4.99 Å². The molecular weight excluding hydrogens is 400 g/mol. The Balaban J connectivity index is 2.27. The predicted octanol–water partition coefficient (Wildman–Crippen LogP) is 4.48. The third kappa shape index (κ3) is 3.81. The summed E-state index contributed by atoms with van der Waals surface area (Å²) in [6, 6.07) is 14.3. The van der Waals surface area contributed by atoms with Gasteiger partial charge in [0, 0.05) is 33.8 Å². The Hall–Kier alpha value is -0.910. The molecule has 2 N–H and O–H groups in total. The zero-order valence-electron chi connectivity index (χ0n) is 10.9. The standard InChI is InChI=1S/C15H14Br2N2S/c1-19(9-10-2-4-11(16)5-3-10)14-7-6-12(17)8-13(14)15(18)20/h2-8H,9H2,1H3,(H2,18,20). The van der Waals surface area contributed by atoms with E-state index in [1.54, 1.807) is 0 Å². The fourth-order valence-corrected chi connectivity index (χ4v) is 2.78. The number of hydrogen-bond donors (Lipinski definition) is 1. The van der Waals surface area contributed by atoms with Crippen LogP contribution in [0.2, 0.25) is 0 Å². The number of thiocarbonyl (C=S) groups is 1. The lowest BCUT2D eigenvalue weighted by atomic mass is 10.1. The number of halogens is 2. The quantitative estimate of drug-likeness (QED) is 0.749. The molecule has 0 fully saturated rings. The van der Waals surface area contributed by atoms with E-state index < -0.39 is 0 Å². The van der Waals surface area contributed by atoms with E-state index in [0.717, 1.165) is 26.7 Å².